The van der Waals surface area contributed by atoms with Crippen LogP contribution in [0.15, 0.2) is 0 Å². The van der Waals surface area contributed by atoms with E-state index < -0.39 is 0 Å². The number of nitrogens with zero attached hydrogens (tertiary/aromatic N) is 2. The third-order valence-electron chi connectivity index (χ3n) is 9.35. The van der Waals surface area contributed by atoms with Gasteiger partial charge in [0.1, 0.15) is 12.3 Å². The van der Waals surface area contributed by atoms with Crippen LogP contribution in [-0.2, 0) is 19.1 Å². The number of hydrogen-bond donors (Lipinski definition) is 1. The van der Waals surface area contributed by atoms with Crippen molar-refractivity contribution < 1.29 is 24.4 Å². The van der Waals surface area contributed by atoms with Gasteiger partial charge in [0.25, 0.3) is 0 Å². The summed E-state index contributed by atoms with van der Waals surface area (Å²) in [6, 6.07) is 0. The van der Waals surface area contributed by atoms with E-state index in [-0.39, 0.29) is 35.9 Å². The van der Waals surface area contributed by atoms with Crippen molar-refractivity contribution in [1.82, 2.24) is 9.80 Å². The molecule has 7 heteroatoms. The zero-order chi connectivity index (χ0) is 22.2. The van der Waals surface area contributed by atoms with Crippen molar-refractivity contribution in [2.24, 2.45) is 29.6 Å². The molecule has 0 aromatic carbocycles. The highest BCUT2D eigenvalue weighted by atomic mass is 16.6. The van der Waals surface area contributed by atoms with Crippen molar-refractivity contribution >= 4 is 11.9 Å². The van der Waals surface area contributed by atoms with Crippen LogP contribution >= 0.6 is 0 Å². The molecule has 180 valence electrons. The summed E-state index contributed by atoms with van der Waals surface area (Å²) >= 11 is 0. The predicted molar refractivity (Wildman–Crippen MR) is 119 cm³/mol. The average molecular weight is 449 g/mol. The molecule has 4 heterocycles. The number of quaternary nitrogens is 1. The number of hydrogen-bond acceptors (Lipinski definition) is 5. The Labute approximate surface area is 192 Å². The number of carbonyl (C=O) groups excluding carboxylic acids is 2. The minimum atomic E-state index is -0.146. The number of esters is 1. The number of carbonyl (C=O) groups is 2. The van der Waals surface area contributed by atoms with Crippen LogP contribution in [0.1, 0.15) is 58.8 Å². The Kier molecular flexibility index (Phi) is 6.77. The molecule has 5 fully saturated rings. The van der Waals surface area contributed by atoms with Crippen molar-refractivity contribution in [2.75, 3.05) is 39.3 Å². The topological polar surface area (TPSA) is 75.7 Å². The lowest BCUT2D eigenvalue weighted by molar-refractivity contribution is -0.717. The summed E-state index contributed by atoms with van der Waals surface area (Å²) < 4.78 is 11.9. The molecule has 1 aliphatic carbocycles. The van der Waals surface area contributed by atoms with Crippen LogP contribution in [0.4, 0.5) is 0 Å². The second-order valence-corrected chi connectivity index (χ2v) is 11.1. The van der Waals surface area contributed by atoms with E-state index in [0.29, 0.717) is 36.8 Å². The normalized spacial score (nSPS) is 42.8. The summed E-state index contributed by atoms with van der Waals surface area (Å²) in [5.74, 6) is 1.85. The molecule has 0 radical (unpaired) electrons. The van der Waals surface area contributed by atoms with E-state index in [1.54, 1.807) is 0 Å². The lowest BCUT2D eigenvalue weighted by Gasteiger charge is -2.46. The van der Waals surface area contributed by atoms with Gasteiger partial charge < -0.3 is 19.7 Å². The zero-order valence-electron chi connectivity index (χ0n) is 19.9. The van der Waals surface area contributed by atoms with Gasteiger partial charge >= 0.3 is 5.97 Å². The maximum Gasteiger partial charge on any atom is 0.309 e. The third-order valence-corrected chi connectivity index (χ3v) is 9.35. The van der Waals surface area contributed by atoms with Crippen LogP contribution in [0.2, 0.25) is 0 Å². The van der Waals surface area contributed by atoms with Crippen LogP contribution in [0.25, 0.3) is 0 Å². The van der Waals surface area contributed by atoms with Crippen molar-refractivity contribution in [2.45, 2.75) is 77.2 Å². The maximum atomic E-state index is 12.9. The number of nitrogens with two attached hydrogens (primary N) is 1. The van der Waals surface area contributed by atoms with Crippen molar-refractivity contribution in [3.8, 4) is 0 Å². The Bertz CT molecular complexity index is 689. The molecular formula is C25H42N3O4+. The molecular weight excluding hydrogens is 406 g/mol. The monoisotopic (exact) mass is 448 g/mol. The SMILES string of the molecule is CC1COC2CC3OC(=O)C(CCC(=O)N4CCN(C5CCCC[NH2+]5)CC4)C(C)C3CC12. The van der Waals surface area contributed by atoms with Gasteiger partial charge in [-0.3, -0.25) is 14.5 Å². The molecule has 0 bridgehead atoms. The first kappa shape index (κ1) is 22.6. The minimum Gasteiger partial charge on any atom is -0.462 e. The van der Waals surface area contributed by atoms with Crippen LogP contribution in [-0.4, -0.2) is 79.4 Å². The highest BCUT2D eigenvalue weighted by molar-refractivity contribution is 5.78. The van der Waals surface area contributed by atoms with Crippen molar-refractivity contribution in [1.29, 1.82) is 0 Å². The Morgan fingerprint density at radius 2 is 1.88 bits per heavy atom. The highest BCUT2D eigenvalue weighted by Crippen LogP contribution is 2.48. The quantitative estimate of drug-likeness (QED) is 0.655. The molecule has 5 rings (SSSR count). The van der Waals surface area contributed by atoms with Gasteiger partial charge in [0.2, 0.25) is 5.91 Å². The van der Waals surface area contributed by atoms with Crippen LogP contribution in [0.3, 0.4) is 0 Å². The van der Waals surface area contributed by atoms with Gasteiger partial charge in [0, 0.05) is 52.0 Å². The molecule has 32 heavy (non-hydrogen) atoms. The first-order valence-electron chi connectivity index (χ1n) is 13.2. The molecule has 8 unspecified atom stereocenters. The van der Waals surface area contributed by atoms with Gasteiger partial charge in [-0.05, 0) is 49.4 Å². The molecule has 4 saturated heterocycles. The van der Waals surface area contributed by atoms with Gasteiger partial charge in [0.05, 0.1) is 18.6 Å². The fourth-order valence-corrected chi connectivity index (χ4v) is 7.20. The van der Waals surface area contributed by atoms with Crippen molar-refractivity contribution in [3.05, 3.63) is 0 Å². The molecule has 4 aliphatic heterocycles. The number of piperidine rings is 1. The van der Waals surface area contributed by atoms with Crippen LogP contribution in [0, 0.1) is 29.6 Å². The van der Waals surface area contributed by atoms with Gasteiger partial charge in [0.15, 0.2) is 0 Å². The third kappa shape index (κ3) is 4.45. The first-order valence-corrected chi connectivity index (χ1v) is 13.2. The van der Waals surface area contributed by atoms with E-state index in [9.17, 15) is 9.59 Å². The van der Waals surface area contributed by atoms with E-state index in [2.05, 4.69) is 24.1 Å². The van der Waals surface area contributed by atoms with E-state index in [0.717, 1.165) is 45.6 Å². The molecule has 7 nitrogen and oxygen atoms in total. The average Bonchev–Trinajstić information content (AvgIpc) is 3.18. The molecule has 0 aromatic rings. The lowest BCUT2D eigenvalue weighted by Crippen LogP contribution is -2.95. The maximum absolute atomic E-state index is 12.9. The van der Waals surface area contributed by atoms with Gasteiger partial charge in [-0.2, -0.15) is 0 Å². The molecule has 1 saturated carbocycles. The van der Waals surface area contributed by atoms with Gasteiger partial charge in [-0.15, -0.1) is 0 Å². The second kappa shape index (κ2) is 9.59. The summed E-state index contributed by atoms with van der Waals surface area (Å²) in [6.07, 6.45) is 7.81. The molecule has 2 N–H and O–H groups in total. The number of rotatable bonds is 4. The Morgan fingerprint density at radius 1 is 1.06 bits per heavy atom. The van der Waals surface area contributed by atoms with Crippen LogP contribution in [0.5, 0.6) is 0 Å². The Hall–Kier alpha value is -1.18. The molecule has 8 atom stereocenters. The van der Waals surface area contributed by atoms with Crippen LogP contribution < -0.4 is 5.32 Å². The van der Waals surface area contributed by atoms with Gasteiger partial charge in [-0.1, -0.05) is 13.8 Å². The number of fused-ring (bicyclic) bond motifs is 2. The summed E-state index contributed by atoms with van der Waals surface area (Å²) in [5, 5.41) is 2.47. The zero-order valence-corrected chi connectivity index (χ0v) is 19.9. The number of ether oxygens (including phenoxy) is 2. The molecule has 1 amide bonds. The second-order valence-electron chi connectivity index (χ2n) is 11.1. The fourth-order valence-electron chi connectivity index (χ4n) is 7.20. The standard InChI is InChI=1S/C25H41N3O4/c1-16-15-31-21-14-22-20(13-19(16)21)17(2)18(25(30)32-22)6-7-24(29)28-11-9-27(10-12-28)23-5-3-4-8-26-23/h16-23,26H,3-15H2,1-2H3/p+1. The molecule has 5 aliphatic rings. The van der Waals surface area contributed by atoms with E-state index >= 15 is 0 Å². The number of piperazine rings is 1. The summed E-state index contributed by atoms with van der Waals surface area (Å²) in [6.45, 7) is 10.2. The number of amides is 1. The molecule has 0 aromatic heterocycles. The summed E-state index contributed by atoms with van der Waals surface area (Å²) in [7, 11) is 0. The van der Waals surface area contributed by atoms with E-state index in [1.165, 1.54) is 25.8 Å². The van der Waals surface area contributed by atoms with E-state index in [1.807, 2.05) is 4.90 Å². The minimum absolute atomic E-state index is 0.000621. The van der Waals surface area contributed by atoms with Gasteiger partial charge in [-0.25, -0.2) is 0 Å². The Balaban J connectivity index is 1.11. The summed E-state index contributed by atoms with van der Waals surface area (Å²) in [5.41, 5.74) is 0. The van der Waals surface area contributed by atoms with Crippen molar-refractivity contribution in [3.63, 3.8) is 0 Å². The van der Waals surface area contributed by atoms with E-state index in [4.69, 9.17) is 9.47 Å². The Morgan fingerprint density at radius 3 is 2.62 bits per heavy atom. The highest BCUT2D eigenvalue weighted by Gasteiger charge is 2.51. The largest absolute Gasteiger partial charge is 0.462 e. The molecule has 0 spiro atoms. The summed E-state index contributed by atoms with van der Waals surface area (Å²) in [4.78, 5) is 30.3. The first-order chi connectivity index (χ1) is 15.5. The predicted octanol–water partition coefficient (Wildman–Crippen LogP) is 1.22. The smallest absolute Gasteiger partial charge is 0.309 e. The fraction of sp³-hybridized carbons (Fsp3) is 0.920. The lowest BCUT2D eigenvalue weighted by atomic mass is 9.65.